The van der Waals surface area contributed by atoms with Crippen LogP contribution in [-0.2, 0) is 11.2 Å². The van der Waals surface area contributed by atoms with E-state index in [0.29, 0.717) is 0 Å². The number of hydrogen-bond acceptors (Lipinski definition) is 2. The van der Waals surface area contributed by atoms with Gasteiger partial charge >= 0.3 is 5.97 Å². The highest BCUT2D eigenvalue weighted by atomic mass is 16.4. The summed E-state index contributed by atoms with van der Waals surface area (Å²) in [6.45, 7) is 8.36. The molecule has 2 N–H and O–H groups in total. The quantitative estimate of drug-likeness (QED) is 0.709. The van der Waals surface area contributed by atoms with Gasteiger partial charge in [-0.15, -0.1) is 0 Å². The van der Waals surface area contributed by atoms with Crippen LogP contribution in [0.1, 0.15) is 41.5 Å². The topological polar surface area (TPSA) is 49.3 Å². The van der Waals surface area contributed by atoms with E-state index in [4.69, 9.17) is 5.11 Å². The molecule has 0 fully saturated rings. The molecule has 3 heteroatoms. The third kappa shape index (κ3) is 5.43. The number of unbranched alkanes of at least 4 members (excludes halogenated alkanes) is 1. The van der Waals surface area contributed by atoms with Crippen molar-refractivity contribution < 1.29 is 9.90 Å². The number of carboxylic acids is 1. The van der Waals surface area contributed by atoms with Crippen molar-refractivity contribution in [1.29, 1.82) is 0 Å². The molecule has 0 atom stereocenters. The Labute approximate surface area is 116 Å². The number of benzene rings is 1. The van der Waals surface area contributed by atoms with Crippen LogP contribution < -0.4 is 5.32 Å². The lowest BCUT2D eigenvalue weighted by molar-refractivity contribution is -0.137. The average Bonchev–Trinajstić information content (AvgIpc) is 2.37. The number of aryl methyl sites for hydroxylation is 1. The second-order valence-corrected chi connectivity index (χ2v) is 5.14. The van der Waals surface area contributed by atoms with Crippen LogP contribution in [0.2, 0.25) is 0 Å². The molecule has 0 aliphatic heterocycles. The van der Waals surface area contributed by atoms with Crippen LogP contribution >= 0.6 is 0 Å². The third-order valence-corrected chi connectivity index (χ3v) is 3.74. The Bertz CT molecular complexity index is 427. The standard InChI is InChI=1S/C16H25NO2/c1-12-7-8-15(14(3)13(12)2)9-11-17-10-5-4-6-16(18)19/h7-8,17H,4-6,9-11H2,1-3H3,(H,18,19). The summed E-state index contributed by atoms with van der Waals surface area (Å²) >= 11 is 0. The molecule has 0 unspecified atom stereocenters. The maximum absolute atomic E-state index is 10.3. The molecular formula is C16H25NO2. The number of carboxylic acid groups (broad SMARTS) is 1. The highest BCUT2D eigenvalue weighted by Gasteiger charge is 2.03. The number of rotatable bonds is 8. The van der Waals surface area contributed by atoms with Crippen molar-refractivity contribution in [3.8, 4) is 0 Å². The average molecular weight is 263 g/mol. The van der Waals surface area contributed by atoms with Gasteiger partial charge in [0.2, 0.25) is 0 Å². The number of carbonyl (C=O) groups is 1. The Hall–Kier alpha value is -1.35. The molecule has 0 saturated heterocycles. The van der Waals surface area contributed by atoms with Gasteiger partial charge < -0.3 is 10.4 Å². The normalized spacial score (nSPS) is 10.7. The van der Waals surface area contributed by atoms with Crippen LogP contribution in [-0.4, -0.2) is 24.2 Å². The molecule has 19 heavy (non-hydrogen) atoms. The zero-order chi connectivity index (χ0) is 14.3. The second kappa shape index (κ2) is 7.95. The van der Waals surface area contributed by atoms with Gasteiger partial charge in [-0.3, -0.25) is 4.79 Å². The summed E-state index contributed by atoms with van der Waals surface area (Å²) in [5, 5.41) is 11.9. The summed E-state index contributed by atoms with van der Waals surface area (Å²) in [5.41, 5.74) is 5.54. The summed E-state index contributed by atoms with van der Waals surface area (Å²) in [6, 6.07) is 4.40. The molecule has 0 aliphatic rings. The fraction of sp³-hybridized carbons (Fsp3) is 0.562. The van der Waals surface area contributed by atoms with Crippen LogP contribution in [0, 0.1) is 20.8 Å². The Kier molecular flexibility index (Phi) is 6.57. The molecule has 0 aliphatic carbocycles. The lowest BCUT2D eigenvalue weighted by Crippen LogP contribution is -2.19. The molecule has 3 nitrogen and oxygen atoms in total. The Morgan fingerprint density at radius 3 is 2.53 bits per heavy atom. The summed E-state index contributed by atoms with van der Waals surface area (Å²) < 4.78 is 0. The summed E-state index contributed by atoms with van der Waals surface area (Å²) in [6.07, 6.45) is 2.99. The fourth-order valence-electron chi connectivity index (χ4n) is 2.16. The van der Waals surface area contributed by atoms with Gasteiger partial charge in [-0.05, 0) is 75.4 Å². The molecule has 0 spiro atoms. The maximum Gasteiger partial charge on any atom is 0.303 e. The van der Waals surface area contributed by atoms with Crippen LogP contribution in [0.4, 0.5) is 0 Å². The minimum atomic E-state index is -0.703. The first-order valence-corrected chi connectivity index (χ1v) is 7.00. The van der Waals surface area contributed by atoms with Gasteiger partial charge in [0.1, 0.15) is 0 Å². The first-order chi connectivity index (χ1) is 9.02. The van der Waals surface area contributed by atoms with Crippen molar-refractivity contribution in [3.63, 3.8) is 0 Å². The second-order valence-electron chi connectivity index (χ2n) is 5.14. The zero-order valence-corrected chi connectivity index (χ0v) is 12.3. The smallest absolute Gasteiger partial charge is 0.303 e. The van der Waals surface area contributed by atoms with Crippen molar-refractivity contribution in [3.05, 3.63) is 34.4 Å². The predicted octanol–water partition coefficient (Wildman–Crippen LogP) is 3.00. The third-order valence-electron chi connectivity index (χ3n) is 3.74. The van der Waals surface area contributed by atoms with Gasteiger partial charge in [0.25, 0.3) is 0 Å². The van der Waals surface area contributed by atoms with E-state index >= 15 is 0 Å². The van der Waals surface area contributed by atoms with Crippen LogP contribution in [0.3, 0.4) is 0 Å². The van der Waals surface area contributed by atoms with Gasteiger partial charge in [0.15, 0.2) is 0 Å². The fourth-order valence-corrected chi connectivity index (χ4v) is 2.16. The molecule has 0 amide bonds. The summed E-state index contributed by atoms with van der Waals surface area (Å²) in [5.74, 6) is -0.703. The predicted molar refractivity (Wildman–Crippen MR) is 78.7 cm³/mol. The van der Waals surface area contributed by atoms with E-state index in [1.807, 2.05) is 0 Å². The molecule has 0 aromatic heterocycles. The van der Waals surface area contributed by atoms with Gasteiger partial charge in [0, 0.05) is 6.42 Å². The Morgan fingerprint density at radius 2 is 1.84 bits per heavy atom. The summed E-state index contributed by atoms with van der Waals surface area (Å²) in [7, 11) is 0. The SMILES string of the molecule is Cc1ccc(CCNCCCCC(=O)O)c(C)c1C. The van der Waals surface area contributed by atoms with Gasteiger partial charge in [-0.2, -0.15) is 0 Å². The van der Waals surface area contributed by atoms with E-state index in [-0.39, 0.29) is 6.42 Å². The molecule has 0 bridgehead atoms. The van der Waals surface area contributed by atoms with Crippen molar-refractivity contribution in [1.82, 2.24) is 5.32 Å². The van der Waals surface area contributed by atoms with E-state index in [0.717, 1.165) is 32.4 Å². The Balaban J connectivity index is 2.23. The molecule has 0 heterocycles. The van der Waals surface area contributed by atoms with E-state index < -0.39 is 5.97 Å². The highest BCUT2D eigenvalue weighted by molar-refractivity contribution is 5.66. The Morgan fingerprint density at radius 1 is 1.11 bits per heavy atom. The molecule has 1 rings (SSSR count). The van der Waals surface area contributed by atoms with Gasteiger partial charge in [-0.25, -0.2) is 0 Å². The molecular weight excluding hydrogens is 238 g/mol. The highest BCUT2D eigenvalue weighted by Crippen LogP contribution is 2.17. The number of aliphatic carboxylic acids is 1. The number of hydrogen-bond donors (Lipinski definition) is 2. The van der Waals surface area contributed by atoms with Crippen LogP contribution in [0.15, 0.2) is 12.1 Å². The first-order valence-electron chi connectivity index (χ1n) is 7.00. The molecule has 0 radical (unpaired) electrons. The van der Waals surface area contributed by atoms with Crippen LogP contribution in [0.25, 0.3) is 0 Å². The van der Waals surface area contributed by atoms with E-state index in [2.05, 4.69) is 38.2 Å². The minimum absolute atomic E-state index is 0.276. The lowest BCUT2D eigenvalue weighted by Gasteiger charge is -2.11. The number of nitrogens with one attached hydrogen (secondary N) is 1. The zero-order valence-electron chi connectivity index (χ0n) is 12.3. The first kappa shape index (κ1) is 15.7. The molecule has 0 saturated carbocycles. The monoisotopic (exact) mass is 263 g/mol. The molecule has 1 aromatic carbocycles. The maximum atomic E-state index is 10.3. The van der Waals surface area contributed by atoms with E-state index in [9.17, 15) is 4.79 Å². The van der Waals surface area contributed by atoms with Crippen molar-refractivity contribution >= 4 is 5.97 Å². The van der Waals surface area contributed by atoms with E-state index in [1.54, 1.807) is 0 Å². The van der Waals surface area contributed by atoms with Gasteiger partial charge in [0.05, 0.1) is 0 Å². The summed E-state index contributed by atoms with van der Waals surface area (Å²) in [4.78, 5) is 10.3. The minimum Gasteiger partial charge on any atom is -0.481 e. The van der Waals surface area contributed by atoms with Crippen molar-refractivity contribution in [2.75, 3.05) is 13.1 Å². The van der Waals surface area contributed by atoms with Gasteiger partial charge in [-0.1, -0.05) is 12.1 Å². The van der Waals surface area contributed by atoms with Crippen LogP contribution in [0.5, 0.6) is 0 Å². The largest absolute Gasteiger partial charge is 0.481 e. The lowest BCUT2D eigenvalue weighted by atomic mass is 9.97. The molecule has 106 valence electrons. The molecule has 1 aromatic rings. The van der Waals surface area contributed by atoms with E-state index in [1.165, 1.54) is 22.3 Å². The van der Waals surface area contributed by atoms with Crippen molar-refractivity contribution in [2.24, 2.45) is 0 Å². The van der Waals surface area contributed by atoms with Crippen molar-refractivity contribution in [2.45, 2.75) is 46.5 Å².